The normalized spacial score (nSPS) is 11.2. The first-order valence-corrected chi connectivity index (χ1v) is 8.09. The van der Waals surface area contributed by atoms with Gasteiger partial charge in [0.15, 0.2) is 0 Å². The average molecular weight is 333 g/mol. The van der Waals surface area contributed by atoms with E-state index in [2.05, 4.69) is 28.5 Å². The molecule has 1 heterocycles. The van der Waals surface area contributed by atoms with E-state index in [1.807, 2.05) is 0 Å². The van der Waals surface area contributed by atoms with E-state index in [0.29, 0.717) is 23.0 Å². The van der Waals surface area contributed by atoms with E-state index >= 15 is 0 Å². The van der Waals surface area contributed by atoms with E-state index in [1.165, 1.54) is 23.8 Å². The number of nitrogens with zero attached hydrogens (tertiary/aromatic N) is 2. The second kappa shape index (κ2) is 7.92. The molecule has 0 bridgehead atoms. The van der Waals surface area contributed by atoms with Gasteiger partial charge in [-0.3, -0.25) is 9.36 Å². The Balaban J connectivity index is 2.31. The van der Waals surface area contributed by atoms with E-state index in [9.17, 15) is 14.4 Å². The quantitative estimate of drug-likeness (QED) is 0.770. The van der Waals surface area contributed by atoms with Crippen molar-refractivity contribution in [1.29, 1.82) is 0 Å². The third-order valence-electron chi connectivity index (χ3n) is 4.15. The average Bonchev–Trinajstić information content (AvgIpc) is 2.60. The van der Waals surface area contributed by atoms with Crippen molar-refractivity contribution in [2.75, 3.05) is 26.7 Å². The summed E-state index contributed by atoms with van der Waals surface area (Å²) in [6, 6.07) is 4.53. The van der Waals surface area contributed by atoms with Crippen molar-refractivity contribution < 1.29 is 9.53 Å². The van der Waals surface area contributed by atoms with Crippen molar-refractivity contribution >= 4 is 16.9 Å². The molecule has 130 valence electrons. The van der Waals surface area contributed by atoms with Crippen molar-refractivity contribution in [2.24, 2.45) is 0 Å². The SMILES string of the molecule is CCN(CC)CCCn1c(=O)[nH]c2cc(C(=O)OC)ccc2c1=O. The Kier molecular flexibility index (Phi) is 5.92. The fourth-order valence-electron chi connectivity index (χ4n) is 2.69. The Hall–Kier alpha value is -2.41. The third-order valence-corrected chi connectivity index (χ3v) is 4.15. The predicted molar refractivity (Wildman–Crippen MR) is 92.6 cm³/mol. The van der Waals surface area contributed by atoms with Gasteiger partial charge in [-0.15, -0.1) is 0 Å². The lowest BCUT2D eigenvalue weighted by Gasteiger charge is -2.17. The lowest BCUT2D eigenvalue weighted by Crippen LogP contribution is -2.36. The molecular formula is C17H23N3O4. The van der Waals surface area contributed by atoms with E-state index in [1.54, 1.807) is 6.07 Å². The van der Waals surface area contributed by atoms with Crippen LogP contribution < -0.4 is 11.2 Å². The maximum absolute atomic E-state index is 12.5. The highest BCUT2D eigenvalue weighted by molar-refractivity contribution is 5.93. The molecule has 1 aromatic heterocycles. The first-order chi connectivity index (χ1) is 11.5. The number of ether oxygens (including phenoxy) is 1. The zero-order chi connectivity index (χ0) is 17.7. The van der Waals surface area contributed by atoms with Gasteiger partial charge in [0.05, 0.1) is 23.6 Å². The topological polar surface area (TPSA) is 84.4 Å². The Bertz CT molecular complexity index is 834. The minimum Gasteiger partial charge on any atom is -0.465 e. The number of hydrogen-bond donors (Lipinski definition) is 1. The molecule has 1 aromatic carbocycles. The number of nitrogens with one attached hydrogen (secondary N) is 1. The van der Waals surface area contributed by atoms with Crippen LogP contribution in [0.15, 0.2) is 27.8 Å². The highest BCUT2D eigenvalue weighted by Gasteiger charge is 2.11. The molecule has 0 aliphatic heterocycles. The van der Waals surface area contributed by atoms with E-state index < -0.39 is 11.7 Å². The number of esters is 1. The van der Waals surface area contributed by atoms with Crippen LogP contribution in [0.4, 0.5) is 0 Å². The summed E-state index contributed by atoms with van der Waals surface area (Å²) >= 11 is 0. The molecule has 0 atom stereocenters. The summed E-state index contributed by atoms with van der Waals surface area (Å²) in [6.45, 7) is 7.23. The van der Waals surface area contributed by atoms with Crippen LogP contribution in [0.1, 0.15) is 30.6 Å². The Morgan fingerprint density at radius 2 is 1.96 bits per heavy atom. The van der Waals surface area contributed by atoms with Crippen molar-refractivity contribution in [1.82, 2.24) is 14.5 Å². The highest BCUT2D eigenvalue weighted by atomic mass is 16.5. The molecule has 24 heavy (non-hydrogen) atoms. The summed E-state index contributed by atoms with van der Waals surface area (Å²) in [5.74, 6) is -0.513. The number of methoxy groups -OCH3 is 1. The molecule has 0 saturated heterocycles. The largest absolute Gasteiger partial charge is 0.465 e. The highest BCUT2D eigenvalue weighted by Crippen LogP contribution is 2.10. The number of hydrogen-bond acceptors (Lipinski definition) is 5. The van der Waals surface area contributed by atoms with E-state index in [0.717, 1.165) is 26.1 Å². The monoisotopic (exact) mass is 333 g/mol. The molecule has 7 nitrogen and oxygen atoms in total. The van der Waals surface area contributed by atoms with Crippen LogP contribution in [0.3, 0.4) is 0 Å². The Morgan fingerprint density at radius 3 is 2.58 bits per heavy atom. The van der Waals surface area contributed by atoms with Gasteiger partial charge >= 0.3 is 11.7 Å². The third kappa shape index (κ3) is 3.73. The minimum atomic E-state index is -0.513. The lowest BCUT2D eigenvalue weighted by molar-refractivity contribution is 0.0601. The smallest absolute Gasteiger partial charge is 0.337 e. The number of rotatable bonds is 7. The summed E-state index contributed by atoms with van der Waals surface area (Å²) in [6.07, 6.45) is 0.719. The van der Waals surface area contributed by atoms with Crippen LogP contribution in [-0.2, 0) is 11.3 Å². The number of H-pyrrole nitrogens is 1. The fourth-order valence-corrected chi connectivity index (χ4v) is 2.69. The van der Waals surface area contributed by atoms with Gasteiger partial charge in [-0.1, -0.05) is 13.8 Å². The van der Waals surface area contributed by atoms with E-state index in [-0.39, 0.29) is 5.56 Å². The number of carbonyl (C=O) groups excluding carboxylic acids is 1. The number of fused-ring (bicyclic) bond motifs is 1. The maximum Gasteiger partial charge on any atom is 0.337 e. The Morgan fingerprint density at radius 1 is 1.25 bits per heavy atom. The number of carbonyl (C=O) groups is 1. The van der Waals surface area contributed by atoms with Gasteiger partial charge in [0.25, 0.3) is 5.56 Å². The fraction of sp³-hybridized carbons (Fsp3) is 0.471. The molecule has 2 rings (SSSR count). The number of aromatic amines is 1. The molecule has 1 N–H and O–H groups in total. The minimum absolute atomic E-state index is 0.291. The first kappa shape index (κ1) is 17.9. The Labute approximate surface area is 139 Å². The maximum atomic E-state index is 12.5. The van der Waals surface area contributed by atoms with Gasteiger partial charge < -0.3 is 14.6 Å². The second-order valence-corrected chi connectivity index (χ2v) is 5.52. The predicted octanol–water partition coefficient (Wildman–Crippen LogP) is 1.21. The van der Waals surface area contributed by atoms with Crippen LogP contribution in [-0.4, -0.2) is 47.2 Å². The standard InChI is InChI=1S/C17H23N3O4/c1-4-19(5-2)9-6-10-20-15(21)13-8-7-12(16(22)24-3)11-14(13)18-17(20)23/h7-8,11H,4-6,9-10H2,1-3H3,(H,18,23). The summed E-state index contributed by atoms with van der Waals surface area (Å²) in [5.41, 5.74) is -0.175. The first-order valence-electron chi connectivity index (χ1n) is 8.09. The molecule has 7 heteroatoms. The summed E-state index contributed by atoms with van der Waals surface area (Å²) in [5, 5.41) is 0.380. The van der Waals surface area contributed by atoms with Crippen LogP contribution in [0.5, 0.6) is 0 Å². The van der Waals surface area contributed by atoms with Gasteiger partial charge in [-0.05, 0) is 44.3 Å². The second-order valence-electron chi connectivity index (χ2n) is 5.52. The van der Waals surface area contributed by atoms with E-state index in [4.69, 9.17) is 0 Å². The summed E-state index contributed by atoms with van der Waals surface area (Å²) < 4.78 is 5.86. The zero-order valence-corrected chi connectivity index (χ0v) is 14.3. The van der Waals surface area contributed by atoms with Gasteiger partial charge in [0.2, 0.25) is 0 Å². The molecule has 2 aromatic rings. The molecule has 0 amide bonds. The lowest BCUT2D eigenvalue weighted by atomic mass is 10.1. The van der Waals surface area contributed by atoms with Crippen molar-refractivity contribution in [3.8, 4) is 0 Å². The molecule has 0 unspecified atom stereocenters. The van der Waals surface area contributed by atoms with Gasteiger partial charge in [0, 0.05) is 6.54 Å². The number of aromatic nitrogens is 2. The molecule has 0 aliphatic rings. The zero-order valence-electron chi connectivity index (χ0n) is 14.3. The van der Waals surface area contributed by atoms with Crippen LogP contribution >= 0.6 is 0 Å². The van der Waals surface area contributed by atoms with Crippen LogP contribution in [0.2, 0.25) is 0 Å². The van der Waals surface area contributed by atoms with Gasteiger partial charge in [-0.2, -0.15) is 0 Å². The van der Waals surface area contributed by atoms with Gasteiger partial charge in [0.1, 0.15) is 0 Å². The molecule has 0 aliphatic carbocycles. The van der Waals surface area contributed by atoms with Crippen LogP contribution in [0.25, 0.3) is 10.9 Å². The van der Waals surface area contributed by atoms with Crippen molar-refractivity contribution in [3.63, 3.8) is 0 Å². The summed E-state index contributed by atoms with van der Waals surface area (Å²) in [7, 11) is 1.28. The molecule has 0 saturated carbocycles. The van der Waals surface area contributed by atoms with Crippen molar-refractivity contribution in [3.05, 3.63) is 44.6 Å². The molecule has 0 fully saturated rings. The van der Waals surface area contributed by atoms with Crippen molar-refractivity contribution in [2.45, 2.75) is 26.8 Å². The molecular weight excluding hydrogens is 310 g/mol. The molecule has 0 radical (unpaired) electrons. The van der Waals surface area contributed by atoms with Gasteiger partial charge in [-0.25, -0.2) is 9.59 Å². The number of benzene rings is 1. The summed E-state index contributed by atoms with van der Waals surface area (Å²) in [4.78, 5) is 41.2. The molecule has 0 spiro atoms. The van der Waals surface area contributed by atoms with Crippen LogP contribution in [0, 0.1) is 0 Å².